The van der Waals surface area contributed by atoms with E-state index >= 15 is 0 Å². The van der Waals surface area contributed by atoms with Crippen LogP contribution in [0.25, 0.3) is 0 Å². The molecule has 1 aromatic carbocycles. The number of alkyl carbamates (subject to hydrolysis) is 1. The fourth-order valence-corrected chi connectivity index (χ4v) is 2.98. The maximum atomic E-state index is 12.1. The average molecular weight is 398 g/mol. The fourth-order valence-electron chi connectivity index (χ4n) is 2.79. The van der Waals surface area contributed by atoms with Crippen molar-refractivity contribution in [3.63, 3.8) is 0 Å². The van der Waals surface area contributed by atoms with Crippen molar-refractivity contribution < 1.29 is 24.2 Å². The third-order valence-corrected chi connectivity index (χ3v) is 4.18. The van der Waals surface area contributed by atoms with Gasteiger partial charge in [0, 0.05) is 5.02 Å². The molecule has 0 fully saturated rings. The Morgan fingerprint density at radius 1 is 1.33 bits per heavy atom. The second-order valence-electron chi connectivity index (χ2n) is 7.33. The zero-order chi connectivity index (χ0) is 20.2. The van der Waals surface area contributed by atoms with E-state index in [2.05, 4.69) is 16.0 Å². The molecule has 0 aromatic heterocycles. The number of hydrogen-bond donors (Lipinski definition) is 4. The quantitative estimate of drug-likeness (QED) is 0.609. The van der Waals surface area contributed by atoms with Crippen molar-refractivity contribution in [3.8, 4) is 0 Å². The molecule has 1 unspecified atom stereocenters. The van der Waals surface area contributed by atoms with E-state index in [1.807, 2.05) is 12.1 Å². The lowest BCUT2D eigenvalue weighted by Crippen LogP contribution is -2.51. The molecule has 0 radical (unpaired) electrons. The first-order valence-electron chi connectivity index (χ1n) is 8.60. The third kappa shape index (κ3) is 6.32. The Labute approximate surface area is 162 Å². The highest BCUT2D eigenvalue weighted by molar-refractivity contribution is 6.30. The summed E-state index contributed by atoms with van der Waals surface area (Å²) in [6, 6.07) is 3.53. The predicted molar refractivity (Wildman–Crippen MR) is 99.8 cm³/mol. The van der Waals surface area contributed by atoms with Crippen LogP contribution in [-0.4, -0.2) is 41.4 Å². The highest BCUT2D eigenvalue weighted by Crippen LogP contribution is 2.32. The molecular formula is C18H24ClN3O5. The van der Waals surface area contributed by atoms with Crippen molar-refractivity contribution in [2.24, 2.45) is 0 Å². The molecule has 0 spiro atoms. The van der Waals surface area contributed by atoms with Gasteiger partial charge in [0.15, 0.2) is 0 Å². The van der Waals surface area contributed by atoms with Gasteiger partial charge in [0.1, 0.15) is 11.6 Å². The average Bonchev–Trinajstić information content (AvgIpc) is 2.91. The normalized spacial score (nSPS) is 16.8. The molecule has 0 saturated heterocycles. The van der Waals surface area contributed by atoms with Crippen LogP contribution >= 0.6 is 11.6 Å². The maximum Gasteiger partial charge on any atom is 0.408 e. The topological polar surface area (TPSA) is 117 Å². The van der Waals surface area contributed by atoms with Gasteiger partial charge >= 0.3 is 18.1 Å². The molecule has 1 aromatic rings. The first-order chi connectivity index (χ1) is 12.5. The number of carbonyl (C=O) groups excluding carboxylic acids is 2. The molecule has 3 amide bonds. The maximum absolute atomic E-state index is 12.1. The molecule has 4 N–H and O–H groups in total. The van der Waals surface area contributed by atoms with Crippen molar-refractivity contribution in [2.75, 3.05) is 6.54 Å². The lowest BCUT2D eigenvalue weighted by Gasteiger charge is -2.22. The van der Waals surface area contributed by atoms with Crippen LogP contribution in [0.4, 0.5) is 9.59 Å². The van der Waals surface area contributed by atoms with Gasteiger partial charge in [-0.05, 0) is 56.9 Å². The smallest absolute Gasteiger partial charge is 0.408 e. The minimum atomic E-state index is -1.31. The molecule has 1 aliphatic rings. The molecular weight excluding hydrogens is 374 g/mol. The third-order valence-electron chi connectivity index (χ3n) is 3.94. The van der Waals surface area contributed by atoms with Gasteiger partial charge in [-0.2, -0.15) is 0 Å². The van der Waals surface area contributed by atoms with Gasteiger partial charge < -0.3 is 25.8 Å². The van der Waals surface area contributed by atoms with Crippen LogP contribution in [0.1, 0.15) is 44.4 Å². The molecule has 8 nitrogen and oxygen atoms in total. The van der Waals surface area contributed by atoms with Crippen LogP contribution in [0.5, 0.6) is 0 Å². The summed E-state index contributed by atoms with van der Waals surface area (Å²) in [4.78, 5) is 35.2. The van der Waals surface area contributed by atoms with Crippen molar-refractivity contribution in [3.05, 3.63) is 34.3 Å². The number of urea groups is 1. The Morgan fingerprint density at radius 2 is 2.04 bits per heavy atom. The van der Waals surface area contributed by atoms with Gasteiger partial charge in [0.25, 0.3) is 0 Å². The van der Waals surface area contributed by atoms with Crippen LogP contribution in [0.3, 0.4) is 0 Å². The molecule has 148 valence electrons. The summed E-state index contributed by atoms with van der Waals surface area (Å²) in [7, 11) is 0. The number of aryl methyl sites for hydroxylation is 1. The second kappa shape index (κ2) is 8.47. The number of fused-ring (bicyclic) bond motifs is 1. The van der Waals surface area contributed by atoms with E-state index in [1.165, 1.54) is 0 Å². The highest BCUT2D eigenvalue weighted by atomic mass is 35.5. The number of halogens is 1. The summed E-state index contributed by atoms with van der Waals surface area (Å²) in [5, 5.41) is 17.4. The van der Waals surface area contributed by atoms with Crippen molar-refractivity contribution in [1.82, 2.24) is 16.0 Å². The lowest BCUT2D eigenvalue weighted by molar-refractivity contribution is -0.139. The van der Waals surface area contributed by atoms with Crippen molar-refractivity contribution >= 4 is 29.7 Å². The van der Waals surface area contributed by atoms with Gasteiger partial charge in [-0.25, -0.2) is 14.4 Å². The molecule has 2 rings (SSSR count). The van der Waals surface area contributed by atoms with Crippen LogP contribution in [-0.2, 0) is 16.0 Å². The number of carboxylic acid groups (broad SMARTS) is 1. The van der Waals surface area contributed by atoms with E-state index in [4.69, 9.17) is 16.3 Å². The lowest BCUT2D eigenvalue weighted by atomic mass is 10.1. The largest absolute Gasteiger partial charge is 0.480 e. The van der Waals surface area contributed by atoms with Gasteiger partial charge in [0.05, 0.1) is 12.6 Å². The molecule has 27 heavy (non-hydrogen) atoms. The molecule has 0 bridgehead atoms. The minimum absolute atomic E-state index is 0.167. The molecule has 2 atom stereocenters. The van der Waals surface area contributed by atoms with Crippen LogP contribution < -0.4 is 16.0 Å². The first kappa shape index (κ1) is 20.8. The summed E-state index contributed by atoms with van der Waals surface area (Å²) in [6.07, 6.45) is 0.680. The number of hydrogen-bond acceptors (Lipinski definition) is 4. The summed E-state index contributed by atoms with van der Waals surface area (Å²) < 4.78 is 5.03. The van der Waals surface area contributed by atoms with Crippen LogP contribution in [0.15, 0.2) is 18.2 Å². The van der Waals surface area contributed by atoms with E-state index in [1.54, 1.807) is 26.8 Å². The Morgan fingerprint density at radius 3 is 2.67 bits per heavy atom. The number of ether oxygens (including phenoxy) is 1. The van der Waals surface area contributed by atoms with Gasteiger partial charge in [0.2, 0.25) is 0 Å². The van der Waals surface area contributed by atoms with Gasteiger partial charge in [-0.3, -0.25) is 0 Å². The first-order valence-corrected chi connectivity index (χ1v) is 8.98. The van der Waals surface area contributed by atoms with Crippen LogP contribution in [0.2, 0.25) is 5.02 Å². The summed E-state index contributed by atoms with van der Waals surface area (Å²) in [5.41, 5.74) is 1.33. The zero-order valence-electron chi connectivity index (χ0n) is 15.5. The number of benzene rings is 1. The van der Waals surface area contributed by atoms with E-state index in [0.29, 0.717) is 5.02 Å². The molecule has 9 heteroatoms. The van der Waals surface area contributed by atoms with Crippen LogP contribution in [0, 0.1) is 0 Å². The SMILES string of the molecule is CC(C)(C)OC(=O)NC(CNC(=O)N[C@@H]1CCc2cc(Cl)ccc21)C(=O)O. The van der Waals surface area contributed by atoms with Crippen molar-refractivity contribution in [2.45, 2.75) is 51.3 Å². The Hall–Kier alpha value is -2.48. The summed E-state index contributed by atoms with van der Waals surface area (Å²) in [6.45, 7) is 4.72. The van der Waals surface area contributed by atoms with E-state index in [0.717, 1.165) is 24.0 Å². The van der Waals surface area contributed by atoms with E-state index in [9.17, 15) is 19.5 Å². The number of rotatable bonds is 5. The number of carboxylic acids is 1. The predicted octanol–water partition coefficient (Wildman–Crippen LogP) is 2.60. The molecule has 1 aliphatic carbocycles. The highest BCUT2D eigenvalue weighted by Gasteiger charge is 2.26. The van der Waals surface area contributed by atoms with E-state index in [-0.39, 0.29) is 12.6 Å². The standard InChI is InChI=1S/C18H24ClN3O5/c1-18(2,3)27-17(26)22-14(15(23)24)9-20-16(25)21-13-7-4-10-8-11(19)5-6-12(10)13/h5-6,8,13-14H,4,7,9H2,1-3H3,(H,22,26)(H,23,24)(H2,20,21,25)/t13-,14?/m1/s1. The number of amides is 3. The fraction of sp³-hybridized carbons (Fsp3) is 0.500. The van der Waals surface area contributed by atoms with Gasteiger partial charge in [-0.15, -0.1) is 0 Å². The number of nitrogens with one attached hydrogen (secondary N) is 3. The van der Waals surface area contributed by atoms with E-state index < -0.39 is 29.7 Å². The Balaban J connectivity index is 1.86. The summed E-state index contributed by atoms with van der Waals surface area (Å²) in [5.74, 6) is -1.28. The molecule has 0 saturated carbocycles. The molecule has 0 heterocycles. The summed E-state index contributed by atoms with van der Waals surface area (Å²) >= 11 is 5.97. The van der Waals surface area contributed by atoms with Crippen molar-refractivity contribution in [1.29, 1.82) is 0 Å². The second-order valence-corrected chi connectivity index (χ2v) is 7.76. The van der Waals surface area contributed by atoms with Gasteiger partial charge in [-0.1, -0.05) is 17.7 Å². The number of aliphatic carboxylic acids is 1. The Bertz CT molecular complexity index is 732. The monoisotopic (exact) mass is 397 g/mol. The zero-order valence-corrected chi connectivity index (χ0v) is 16.2. The molecule has 0 aliphatic heterocycles. The minimum Gasteiger partial charge on any atom is -0.480 e. The number of carbonyl (C=O) groups is 3. The Kier molecular flexibility index (Phi) is 6.54.